The molecule has 2 aromatic carbocycles. The van der Waals surface area contributed by atoms with E-state index in [1.807, 2.05) is 0 Å². The van der Waals surface area contributed by atoms with Gasteiger partial charge in [-0.2, -0.15) is 0 Å². The largest absolute Gasteiger partial charge is 0.339 e. The van der Waals surface area contributed by atoms with Crippen LogP contribution in [0.15, 0.2) is 48.5 Å². The fourth-order valence-electron chi connectivity index (χ4n) is 2.27. The number of sulfonamides is 1. The van der Waals surface area contributed by atoms with E-state index in [9.17, 15) is 18.0 Å². The SMILES string of the molecule is C.CS(=O)(=O)Nc1cccc(C#Cc2ccc(C(=O)N[C@@H](CN)C(=O)NO)cc2)c1. The van der Waals surface area contributed by atoms with Crippen molar-refractivity contribution in [3.63, 3.8) is 0 Å². The maximum Gasteiger partial charge on any atom is 0.267 e. The predicted octanol–water partition coefficient (Wildman–Crippen LogP) is 0.657. The Balaban J connectivity index is 0.00000450. The summed E-state index contributed by atoms with van der Waals surface area (Å²) in [5, 5.41) is 11.0. The number of benzene rings is 2. The summed E-state index contributed by atoms with van der Waals surface area (Å²) < 4.78 is 25.0. The van der Waals surface area contributed by atoms with E-state index >= 15 is 0 Å². The molecule has 160 valence electrons. The Morgan fingerprint density at radius 1 is 1.10 bits per heavy atom. The van der Waals surface area contributed by atoms with Crippen LogP contribution in [0.1, 0.15) is 28.9 Å². The zero-order valence-corrected chi connectivity index (χ0v) is 16.3. The number of nitrogens with two attached hydrogens (primary N) is 1. The first kappa shape index (κ1) is 24.6. The van der Waals surface area contributed by atoms with Crippen LogP contribution in [0.5, 0.6) is 0 Å². The Morgan fingerprint density at radius 3 is 2.30 bits per heavy atom. The predicted molar refractivity (Wildman–Crippen MR) is 114 cm³/mol. The summed E-state index contributed by atoms with van der Waals surface area (Å²) in [6, 6.07) is 11.9. The van der Waals surface area contributed by atoms with Crippen molar-refractivity contribution in [2.45, 2.75) is 13.5 Å². The topological polar surface area (TPSA) is 151 Å². The molecule has 0 saturated carbocycles. The molecule has 0 heterocycles. The molecule has 30 heavy (non-hydrogen) atoms. The van der Waals surface area contributed by atoms with E-state index in [1.54, 1.807) is 36.4 Å². The van der Waals surface area contributed by atoms with E-state index in [2.05, 4.69) is 21.9 Å². The molecule has 6 N–H and O–H groups in total. The fraction of sp³-hybridized carbons (Fsp3) is 0.200. The molecule has 0 aliphatic carbocycles. The lowest BCUT2D eigenvalue weighted by atomic mass is 10.1. The summed E-state index contributed by atoms with van der Waals surface area (Å²) in [5.74, 6) is 4.50. The lowest BCUT2D eigenvalue weighted by molar-refractivity contribution is -0.130. The second kappa shape index (κ2) is 11.0. The van der Waals surface area contributed by atoms with Gasteiger partial charge in [-0.25, -0.2) is 13.9 Å². The van der Waals surface area contributed by atoms with Gasteiger partial charge in [0.15, 0.2) is 0 Å². The van der Waals surface area contributed by atoms with Gasteiger partial charge < -0.3 is 11.1 Å². The second-order valence-electron chi connectivity index (χ2n) is 6.02. The van der Waals surface area contributed by atoms with Crippen LogP contribution in [0.4, 0.5) is 5.69 Å². The van der Waals surface area contributed by atoms with Crippen LogP contribution in [0.2, 0.25) is 0 Å². The van der Waals surface area contributed by atoms with Crippen molar-refractivity contribution in [3.8, 4) is 11.8 Å². The standard InChI is InChI=1S/C19H20N4O5S.CH4/c1-29(27,28)23-16-4-2-3-14(11-16)6-5-13-7-9-15(10-8-13)18(24)21-17(12-20)19(25)22-26;/h2-4,7-11,17,23,26H,12,20H2,1H3,(H,21,24)(H,22,25);1H4/t17-;/m0./s1. The summed E-state index contributed by atoms with van der Waals surface area (Å²) in [6.45, 7) is -0.172. The maximum atomic E-state index is 12.2. The highest BCUT2D eigenvalue weighted by Crippen LogP contribution is 2.11. The quantitative estimate of drug-likeness (QED) is 0.257. The van der Waals surface area contributed by atoms with Crippen molar-refractivity contribution in [1.29, 1.82) is 0 Å². The van der Waals surface area contributed by atoms with Crippen molar-refractivity contribution in [1.82, 2.24) is 10.8 Å². The zero-order chi connectivity index (χ0) is 21.4. The highest BCUT2D eigenvalue weighted by Gasteiger charge is 2.19. The third-order valence-electron chi connectivity index (χ3n) is 3.63. The number of hydrogen-bond acceptors (Lipinski definition) is 6. The van der Waals surface area contributed by atoms with E-state index in [4.69, 9.17) is 10.9 Å². The number of rotatable bonds is 6. The van der Waals surface area contributed by atoms with E-state index in [1.165, 1.54) is 17.6 Å². The molecule has 0 unspecified atom stereocenters. The molecule has 0 spiro atoms. The highest BCUT2D eigenvalue weighted by molar-refractivity contribution is 7.92. The Morgan fingerprint density at radius 2 is 1.73 bits per heavy atom. The van der Waals surface area contributed by atoms with Gasteiger partial charge in [0.2, 0.25) is 10.0 Å². The molecule has 2 aromatic rings. The summed E-state index contributed by atoms with van der Waals surface area (Å²) in [5.41, 5.74) is 8.78. The first-order valence-corrected chi connectivity index (χ1v) is 10.3. The third-order valence-corrected chi connectivity index (χ3v) is 4.24. The lowest BCUT2D eigenvalue weighted by Gasteiger charge is -2.14. The molecule has 0 radical (unpaired) electrons. The summed E-state index contributed by atoms with van der Waals surface area (Å²) >= 11 is 0. The van der Waals surface area contributed by atoms with E-state index in [-0.39, 0.29) is 14.0 Å². The second-order valence-corrected chi connectivity index (χ2v) is 7.77. The number of hydroxylamine groups is 1. The molecule has 0 aliphatic heterocycles. The maximum absolute atomic E-state index is 12.2. The van der Waals surface area contributed by atoms with Crippen molar-refractivity contribution in [3.05, 3.63) is 65.2 Å². The van der Waals surface area contributed by atoms with Gasteiger partial charge in [0.25, 0.3) is 11.8 Å². The third kappa shape index (κ3) is 7.56. The van der Waals surface area contributed by atoms with Gasteiger partial charge in [0.1, 0.15) is 6.04 Å². The Bertz CT molecular complexity index is 1060. The first-order chi connectivity index (χ1) is 13.7. The molecule has 0 aliphatic rings. The molecule has 0 fully saturated rings. The van der Waals surface area contributed by atoms with Crippen LogP contribution in [-0.4, -0.2) is 44.3 Å². The number of anilines is 1. The molecule has 1 atom stereocenters. The molecule has 0 saturated heterocycles. The zero-order valence-electron chi connectivity index (χ0n) is 15.5. The van der Waals surface area contributed by atoms with Crippen LogP contribution < -0.4 is 21.3 Å². The van der Waals surface area contributed by atoms with Crippen molar-refractivity contribution in [2.24, 2.45) is 5.73 Å². The van der Waals surface area contributed by atoms with Gasteiger partial charge in [-0.1, -0.05) is 25.3 Å². The molecular formula is C20H24N4O5S. The van der Waals surface area contributed by atoms with Crippen molar-refractivity contribution < 1.29 is 23.2 Å². The van der Waals surface area contributed by atoms with E-state index in [0.29, 0.717) is 22.4 Å². The van der Waals surface area contributed by atoms with Crippen LogP contribution in [0.25, 0.3) is 0 Å². The van der Waals surface area contributed by atoms with Gasteiger partial charge in [-0.15, -0.1) is 0 Å². The minimum Gasteiger partial charge on any atom is -0.339 e. The fourth-order valence-corrected chi connectivity index (χ4v) is 2.83. The van der Waals surface area contributed by atoms with Gasteiger partial charge >= 0.3 is 0 Å². The summed E-state index contributed by atoms with van der Waals surface area (Å²) in [6.07, 6.45) is 1.06. The Labute approximate surface area is 175 Å². The molecule has 2 rings (SSSR count). The molecule has 2 amide bonds. The highest BCUT2D eigenvalue weighted by atomic mass is 32.2. The average Bonchev–Trinajstić information content (AvgIpc) is 2.69. The number of hydrogen-bond donors (Lipinski definition) is 5. The van der Waals surface area contributed by atoms with Crippen molar-refractivity contribution in [2.75, 3.05) is 17.5 Å². The normalized spacial score (nSPS) is 11.2. The number of nitrogens with one attached hydrogen (secondary N) is 3. The van der Waals surface area contributed by atoms with Crippen LogP contribution in [-0.2, 0) is 14.8 Å². The van der Waals surface area contributed by atoms with E-state index in [0.717, 1.165) is 6.26 Å². The molecule has 0 aromatic heterocycles. The van der Waals surface area contributed by atoms with E-state index < -0.39 is 27.9 Å². The smallest absolute Gasteiger partial charge is 0.267 e. The summed E-state index contributed by atoms with van der Waals surface area (Å²) in [7, 11) is -3.37. The minimum atomic E-state index is -3.37. The number of amides is 2. The lowest BCUT2D eigenvalue weighted by Crippen LogP contribution is -2.50. The van der Waals surface area contributed by atoms with Gasteiger partial charge in [0.05, 0.1) is 6.26 Å². The van der Waals surface area contributed by atoms with Crippen LogP contribution in [0, 0.1) is 11.8 Å². The monoisotopic (exact) mass is 432 g/mol. The minimum absolute atomic E-state index is 0. The van der Waals surface area contributed by atoms with Gasteiger partial charge in [-0.05, 0) is 42.5 Å². The molecule has 9 nitrogen and oxygen atoms in total. The number of carbonyl (C=O) groups excluding carboxylic acids is 2. The van der Waals surface area contributed by atoms with Crippen LogP contribution >= 0.6 is 0 Å². The average molecular weight is 433 g/mol. The first-order valence-electron chi connectivity index (χ1n) is 8.36. The van der Waals surface area contributed by atoms with Gasteiger partial charge in [0, 0.05) is 28.9 Å². The number of carbonyl (C=O) groups is 2. The molecule has 0 bridgehead atoms. The van der Waals surface area contributed by atoms with Gasteiger partial charge in [-0.3, -0.25) is 19.5 Å². The molecule has 10 heteroatoms. The van der Waals surface area contributed by atoms with Crippen LogP contribution in [0.3, 0.4) is 0 Å². The Hall–Kier alpha value is -3.39. The van der Waals surface area contributed by atoms with Crippen molar-refractivity contribution >= 4 is 27.5 Å². The molecular weight excluding hydrogens is 408 g/mol. The summed E-state index contributed by atoms with van der Waals surface area (Å²) in [4.78, 5) is 23.5. The Kier molecular flexibility index (Phi) is 9.01.